The molecule has 1 saturated heterocycles. The highest BCUT2D eigenvalue weighted by atomic mass is 16.6. The molecule has 1 aliphatic heterocycles. The summed E-state index contributed by atoms with van der Waals surface area (Å²) in [5, 5.41) is 9.99. The Labute approximate surface area is 113 Å². The van der Waals surface area contributed by atoms with E-state index in [-0.39, 0.29) is 12.6 Å². The number of esters is 1. The third-order valence-electron chi connectivity index (χ3n) is 2.83. The maximum atomic E-state index is 12.0. The van der Waals surface area contributed by atoms with Crippen molar-refractivity contribution in [2.45, 2.75) is 58.3 Å². The van der Waals surface area contributed by atoms with Crippen LogP contribution < -0.4 is 0 Å². The molecule has 0 aromatic heterocycles. The van der Waals surface area contributed by atoms with Gasteiger partial charge in [0.2, 0.25) is 0 Å². The summed E-state index contributed by atoms with van der Waals surface area (Å²) < 4.78 is 10.1. The number of carbonyl (C=O) groups excluding carboxylic acids is 2. The van der Waals surface area contributed by atoms with Crippen LogP contribution in [0.2, 0.25) is 0 Å². The van der Waals surface area contributed by atoms with Gasteiger partial charge < -0.3 is 19.5 Å². The van der Waals surface area contributed by atoms with E-state index in [1.807, 2.05) is 0 Å². The van der Waals surface area contributed by atoms with Crippen LogP contribution in [0.3, 0.4) is 0 Å². The first-order chi connectivity index (χ1) is 8.70. The summed E-state index contributed by atoms with van der Waals surface area (Å²) in [6.07, 6.45) is 0.179. The predicted octanol–water partition coefficient (Wildman–Crippen LogP) is 1.31. The zero-order valence-corrected chi connectivity index (χ0v) is 12.0. The summed E-state index contributed by atoms with van der Waals surface area (Å²) >= 11 is 0. The van der Waals surface area contributed by atoms with Crippen molar-refractivity contribution in [3.63, 3.8) is 0 Å². The van der Waals surface area contributed by atoms with Gasteiger partial charge in [-0.25, -0.2) is 4.79 Å². The molecule has 110 valence electrons. The maximum Gasteiger partial charge on any atom is 0.410 e. The van der Waals surface area contributed by atoms with Crippen LogP contribution in [0.5, 0.6) is 0 Å². The van der Waals surface area contributed by atoms with Crippen LogP contribution >= 0.6 is 0 Å². The quantitative estimate of drug-likeness (QED) is 0.785. The number of rotatable bonds is 3. The summed E-state index contributed by atoms with van der Waals surface area (Å²) in [6, 6.07) is -0.353. The molecule has 1 rings (SSSR count). The van der Waals surface area contributed by atoms with Gasteiger partial charge in [-0.2, -0.15) is 0 Å². The van der Waals surface area contributed by atoms with Crippen molar-refractivity contribution >= 4 is 12.1 Å². The molecule has 1 N–H and O–H groups in total. The lowest BCUT2D eigenvalue weighted by molar-refractivity contribution is -0.144. The van der Waals surface area contributed by atoms with Gasteiger partial charge in [0.25, 0.3) is 0 Å². The molecule has 19 heavy (non-hydrogen) atoms. The first kappa shape index (κ1) is 15.8. The van der Waals surface area contributed by atoms with Crippen molar-refractivity contribution in [1.29, 1.82) is 0 Å². The molecule has 1 unspecified atom stereocenters. The van der Waals surface area contributed by atoms with Gasteiger partial charge in [-0.1, -0.05) is 0 Å². The molecule has 6 nitrogen and oxygen atoms in total. The standard InChI is InChI=1S/C13H23NO5/c1-9(15)18-8-11(16)10-6-5-7-14(10)12(17)19-13(2,3)4/h10-11,16H,5-8H2,1-4H3/t10-,11?/m0/s1. The monoisotopic (exact) mass is 273 g/mol. The van der Waals surface area contributed by atoms with Gasteiger partial charge in [0.15, 0.2) is 0 Å². The molecule has 0 spiro atoms. The molecule has 6 heteroatoms. The predicted molar refractivity (Wildman–Crippen MR) is 68.6 cm³/mol. The minimum atomic E-state index is -0.876. The molecule has 0 aromatic carbocycles. The summed E-state index contributed by atoms with van der Waals surface area (Å²) in [5.74, 6) is -0.444. The normalized spacial score (nSPS) is 21.1. The van der Waals surface area contributed by atoms with E-state index in [1.165, 1.54) is 11.8 Å². The fourth-order valence-corrected chi connectivity index (χ4v) is 2.05. The molecule has 0 radical (unpaired) electrons. The van der Waals surface area contributed by atoms with Crippen LogP contribution in [-0.4, -0.2) is 53.0 Å². The molecule has 0 bridgehead atoms. The second-order valence-corrected chi connectivity index (χ2v) is 5.75. The lowest BCUT2D eigenvalue weighted by Crippen LogP contribution is -2.46. The van der Waals surface area contributed by atoms with E-state index in [0.29, 0.717) is 13.0 Å². The van der Waals surface area contributed by atoms with Crippen LogP contribution in [-0.2, 0) is 14.3 Å². The zero-order chi connectivity index (χ0) is 14.6. The number of hydrogen-bond donors (Lipinski definition) is 1. The molecular formula is C13H23NO5. The number of aliphatic hydroxyl groups excluding tert-OH is 1. The molecular weight excluding hydrogens is 250 g/mol. The SMILES string of the molecule is CC(=O)OCC(O)[C@@H]1CCCN1C(=O)OC(C)(C)C. The van der Waals surface area contributed by atoms with E-state index >= 15 is 0 Å². The Balaban J connectivity index is 2.58. The second kappa shape index (κ2) is 6.23. The third kappa shape index (κ3) is 5.06. The van der Waals surface area contributed by atoms with Crippen molar-refractivity contribution < 1.29 is 24.2 Å². The van der Waals surface area contributed by atoms with Crippen LogP contribution in [0.25, 0.3) is 0 Å². The van der Waals surface area contributed by atoms with E-state index in [0.717, 1.165) is 6.42 Å². The van der Waals surface area contributed by atoms with Gasteiger partial charge in [0.05, 0.1) is 6.04 Å². The van der Waals surface area contributed by atoms with E-state index in [9.17, 15) is 14.7 Å². The Morgan fingerprint density at radius 3 is 2.58 bits per heavy atom. The van der Waals surface area contributed by atoms with E-state index in [4.69, 9.17) is 9.47 Å². The summed E-state index contributed by atoms with van der Waals surface area (Å²) in [4.78, 5) is 24.2. The lowest BCUT2D eigenvalue weighted by atomic mass is 10.1. The van der Waals surface area contributed by atoms with Gasteiger partial charge in [-0.15, -0.1) is 0 Å². The van der Waals surface area contributed by atoms with Gasteiger partial charge in [0.1, 0.15) is 18.3 Å². The average Bonchev–Trinajstić information content (AvgIpc) is 2.72. The Kier molecular flexibility index (Phi) is 5.17. The highest BCUT2D eigenvalue weighted by Crippen LogP contribution is 2.23. The molecule has 0 saturated carbocycles. The number of aliphatic hydroxyl groups is 1. The number of carbonyl (C=O) groups is 2. The van der Waals surface area contributed by atoms with Gasteiger partial charge in [0, 0.05) is 13.5 Å². The first-order valence-electron chi connectivity index (χ1n) is 6.52. The number of likely N-dealkylation sites (tertiary alicyclic amines) is 1. The van der Waals surface area contributed by atoms with Crippen molar-refractivity contribution in [2.24, 2.45) is 0 Å². The maximum absolute atomic E-state index is 12.0. The number of ether oxygens (including phenoxy) is 2. The Morgan fingerprint density at radius 2 is 2.05 bits per heavy atom. The molecule has 2 atom stereocenters. The molecule has 0 aromatic rings. The molecule has 1 fully saturated rings. The molecule has 0 aliphatic carbocycles. The highest BCUT2D eigenvalue weighted by molar-refractivity contribution is 5.69. The van der Waals surface area contributed by atoms with Gasteiger partial charge in [-0.3, -0.25) is 4.79 Å². The number of hydrogen-bond acceptors (Lipinski definition) is 5. The Hall–Kier alpha value is -1.30. The summed E-state index contributed by atoms with van der Waals surface area (Å²) in [6.45, 7) is 7.13. The summed E-state index contributed by atoms with van der Waals surface area (Å²) in [5.41, 5.74) is -0.564. The third-order valence-corrected chi connectivity index (χ3v) is 2.83. The van der Waals surface area contributed by atoms with Crippen molar-refractivity contribution in [1.82, 2.24) is 4.90 Å². The molecule has 1 aliphatic rings. The van der Waals surface area contributed by atoms with Gasteiger partial charge in [-0.05, 0) is 33.6 Å². The van der Waals surface area contributed by atoms with Gasteiger partial charge >= 0.3 is 12.1 Å². The van der Waals surface area contributed by atoms with Crippen molar-refractivity contribution in [3.05, 3.63) is 0 Å². The fourth-order valence-electron chi connectivity index (χ4n) is 2.05. The van der Waals surface area contributed by atoms with Crippen LogP contribution in [0, 0.1) is 0 Å². The van der Waals surface area contributed by atoms with Crippen molar-refractivity contribution in [3.8, 4) is 0 Å². The minimum absolute atomic E-state index is 0.0979. The number of nitrogens with zero attached hydrogens (tertiary/aromatic N) is 1. The minimum Gasteiger partial charge on any atom is -0.463 e. The lowest BCUT2D eigenvalue weighted by Gasteiger charge is -2.30. The first-order valence-corrected chi connectivity index (χ1v) is 6.52. The Morgan fingerprint density at radius 1 is 1.42 bits per heavy atom. The van der Waals surface area contributed by atoms with E-state index in [2.05, 4.69) is 0 Å². The van der Waals surface area contributed by atoms with Crippen LogP contribution in [0.15, 0.2) is 0 Å². The van der Waals surface area contributed by atoms with Crippen LogP contribution in [0.4, 0.5) is 4.79 Å². The van der Waals surface area contributed by atoms with Crippen molar-refractivity contribution in [2.75, 3.05) is 13.2 Å². The summed E-state index contributed by atoms with van der Waals surface area (Å²) in [7, 11) is 0. The smallest absolute Gasteiger partial charge is 0.410 e. The molecule has 1 amide bonds. The van der Waals surface area contributed by atoms with E-state index in [1.54, 1.807) is 20.8 Å². The average molecular weight is 273 g/mol. The number of amides is 1. The highest BCUT2D eigenvalue weighted by Gasteiger charge is 2.36. The Bertz CT molecular complexity index is 336. The van der Waals surface area contributed by atoms with Crippen LogP contribution in [0.1, 0.15) is 40.5 Å². The van der Waals surface area contributed by atoms with E-state index < -0.39 is 23.8 Å². The fraction of sp³-hybridized carbons (Fsp3) is 0.846. The molecule has 1 heterocycles. The zero-order valence-electron chi connectivity index (χ0n) is 12.0. The topological polar surface area (TPSA) is 76.1 Å². The second-order valence-electron chi connectivity index (χ2n) is 5.75. The largest absolute Gasteiger partial charge is 0.463 e.